The summed E-state index contributed by atoms with van der Waals surface area (Å²) < 4.78 is 3.84. The Kier molecular flexibility index (Phi) is 9.17. The van der Waals surface area contributed by atoms with Crippen molar-refractivity contribution in [2.45, 2.75) is 38.2 Å². The molecule has 0 spiro atoms. The Bertz CT molecular complexity index is 1520. The monoisotopic (exact) mass is 626 g/mol. The van der Waals surface area contributed by atoms with Crippen LogP contribution in [0.25, 0.3) is 11.1 Å². The van der Waals surface area contributed by atoms with Gasteiger partial charge in [-0.05, 0) is 0 Å². The maximum atomic E-state index is 2.52. The Hall–Kier alpha value is -2.31. The number of halogens is 2. The zero-order chi connectivity index (χ0) is 25.7. The van der Waals surface area contributed by atoms with Crippen molar-refractivity contribution in [2.24, 2.45) is 5.92 Å². The Morgan fingerprint density at radius 3 is 1.49 bits per heavy atom. The summed E-state index contributed by atoms with van der Waals surface area (Å²) in [4.78, 5) is 0. The van der Waals surface area contributed by atoms with Gasteiger partial charge in [-0.15, -0.1) is 0 Å². The van der Waals surface area contributed by atoms with Crippen LogP contribution in [0.1, 0.15) is 57.8 Å². The van der Waals surface area contributed by atoms with Gasteiger partial charge in [-0.3, -0.25) is 0 Å². The molecule has 1 atom stereocenters. The summed E-state index contributed by atoms with van der Waals surface area (Å²) in [6.07, 6.45) is 2.52. The molecule has 0 bridgehead atoms. The first kappa shape index (κ1) is 29.7. The second-order valence-electron chi connectivity index (χ2n) is 10.8. The van der Waals surface area contributed by atoms with Gasteiger partial charge in [-0.25, -0.2) is 0 Å². The van der Waals surface area contributed by atoms with E-state index in [2.05, 4.69) is 138 Å². The Labute approximate surface area is 253 Å². The van der Waals surface area contributed by atoms with Crippen LogP contribution in [0, 0.1) is 19.8 Å². The summed E-state index contributed by atoms with van der Waals surface area (Å²) in [7, 11) is 0. The van der Waals surface area contributed by atoms with Crippen LogP contribution in [0.3, 0.4) is 0 Å². The zero-order valence-electron chi connectivity index (χ0n) is 23.2. The summed E-state index contributed by atoms with van der Waals surface area (Å²) in [6.45, 7) is 11.6. The van der Waals surface area contributed by atoms with E-state index in [1.165, 1.54) is 39.0 Å². The average molecular weight is 629 g/mol. The van der Waals surface area contributed by atoms with Crippen molar-refractivity contribution >= 4 is 3.21 Å². The topological polar surface area (TPSA) is 0 Å². The van der Waals surface area contributed by atoms with Crippen molar-refractivity contribution in [2.75, 3.05) is 0 Å². The van der Waals surface area contributed by atoms with Crippen molar-refractivity contribution < 1.29 is 46.1 Å². The van der Waals surface area contributed by atoms with Crippen molar-refractivity contribution in [1.29, 1.82) is 0 Å². The molecule has 0 aliphatic heterocycles. The minimum atomic E-state index is -2.69. The van der Waals surface area contributed by atoms with Gasteiger partial charge in [-0.1, -0.05) is 0 Å². The van der Waals surface area contributed by atoms with Crippen molar-refractivity contribution in [1.82, 2.24) is 0 Å². The van der Waals surface area contributed by atoms with Gasteiger partial charge in [0.05, 0.1) is 0 Å². The number of hydrogen-bond donors (Lipinski definition) is 0. The second kappa shape index (κ2) is 12.1. The number of fused-ring (bicyclic) bond motifs is 3. The molecule has 0 saturated heterocycles. The van der Waals surface area contributed by atoms with Crippen LogP contribution >= 0.6 is 0 Å². The van der Waals surface area contributed by atoms with Crippen LogP contribution in [0.15, 0.2) is 118 Å². The summed E-state index contributed by atoms with van der Waals surface area (Å²) in [5.41, 5.74) is 14.5. The van der Waals surface area contributed by atoms with Gasteiger partial charge in [-0.2, -0.15) is 0 Å². The molecule has 0 nitrogen and oxygen atoms in total. The Morgan fingerprint density at radius 1 is 0.615 bits per heavy atom. The Balaban J connectivity index is 0.00000176. The standard InChI is InChI=1S/C15H13.C13H10.C8H11.2ClH.Zr/c1-10-3-5-14-12(7-10)9-13-8-11(2)4-6-15(13)14;1-3-7-12(8-4-1)11-13-9-5-2-6-10-13;1-6-4-7(2)8(3)5-6;;;/h3-9H,1-2H3;1-10H;4,6H,1-3H3;2*1H;/q;;;;;+2/p-2. The Morgan fingerprint density at radius 2 is 1.08 bits per heavy atom. The van der Waals surface area contributed by atoms with Gasteiger partial charge in [0.1, 0.15) is 0 Å². The molecule has 4 aromatic carbocycles. The molecule has 39 heavy (non-hydrogen) atoms. The van der Waals surface area contributed by atoms with Gasteiger partial charge in [0.2, 0.25) is 0 Å². The first-order chi connectivity index (χ1) is 17.9. The van der Waals surface area contributed by atoms with Gasteiger partial charge in [0, 0.05) is 0 Å². The van der Waals surface area contributed by atoms with E-state index in [0.29, 0.717) is 9.54 Å². The van der Waals surface area contributed by atoms with Crippen LogP contribution < -0.4 is 24.8 Å². The van der Waals surface area contributed by atoms with E-state index in [9.17, 15) is 0 Å². The number of rotatable bonds is 4. The molecule has 4 aromatic rings. The van der Waals surface area contributed by atoms with Crippen LogP contribution in [0.4, 0.5) is 0 Å². The van der Waals surface area contributed by atoms with Crippen molar-refractivity contribution in [3.63, 3.8) is 0 Å². The first-order valence-electron chi connectivity index (χ1n) is 13.4. The molecule has 0 heterocycles. The van der Waals surface area contributed by atoms with E-state index in [4.69, 9.17) is 0 Å². The molecule has 196 valence electrons. The fraction of sp³-hybridized carbons (Fsp3) is 0.194. The van der Waals surface area contributed by atoms with Gasteiger partial charge < -0.3 is 24.8 Å². The largest absolute Gasteiger partial charge is 1.00 e. The third kappa shape index (κ3) is 5.27. The van der Waals surface area contributed by atoms with Crippen molar-refractivity contribution in [3.05, 3.63) is 151 Å². The van der Waals surface area contributed by atoms with E-state index < -0.39 is 21.3 Å². The predicted molar refractivity (Wildman–Crippen MR) is 155 cm³/mol. The molecule has 0 fully saturated rings. The van der Waals surface area contributed by atoms with Gasteiger partial charge >= 0.3 is 231 Å². The SMILES string of the molecule is CC1=CC(C)[C]([Zr+2](=[C](c2ccccc2)c2ccccc2)[CH]2c3cc(C)ccc3-c3ccc(C)cc32)=C1C.[Cl-].[Cl-]. The third-order valence-corrected chi connectivity index (χ3v) is 17.4. The molecular weight excluding hydrogens is 595 g/mol. The minimum absolute atomic E-state index is 0. The minimum Gasteiger partial charge on any atom is -1.00 e. The maximum absolute atomic E-state index is 2.69. The predicted octanol–water partition coefficient (Wildman–Crippen LogP) is 3.14. The fourth-order valence-electron chi connectivity index (χ4n) is 6.52. The van der Waals surface area contributed by atoms with Crippen molar-refractivity contribution in [3.8, 4) is 11.1 Å². The van der Waals surface area contributed by atoms with Gasteiger partial charge in [0.15, 0.2) is 0 Å². The molecule has 6 rings (SSSR count). The normalized spacial score (nSPS) is 15.4. The van der Waals surface area contributed by atoms with E-state index in [1.807, 2.05) is 0 Å². The maximum Gasteiger partial charge on any atom is -1.00 e. The van der Waals surface area contributed by atoms with Crippen LogP contribution in [0.2, 0.25) is 0 Å². The molecule has 0 saturated carbocycles. The average Bonchev–Trinajstić information content (AvgIpc) is 3.34. The number of hydrogen-bond acceptors (Lipinski definition) is 0. The molecule has 3 heteroatoms. The van der Waals surface area contributed by atoms with Crippen LogP contribution in [-0.4, -0.2) is 3.21 Å². The van der Waals surface area contributed by atoms with E-state index in [1.54, 1.807) is 23.2 Å². The quantitative estimate of drug-likeness (QED) is 0.326. The summed E-state index contributed by atoms with van der Waals surface area (Å²) in [5.74, 6) is 0.485. The fourth-order valence-corrected chi connectivity index (χ4v) is 16.6. The molecule has 0 aromatic heterocycles. The number of benzene rings is 4. The van der Waals surface area contributed by atoms with E-state index >= 15 is 0 Å². The molecule has 0 amide bonds. The molecule has 0 radical (unpaired) electrons. The van der Waals surface area contributed by atoms with Crippen LogP contribution in [-0.2, 0) is 21.3 Å². The summed E-state index contributed by atoms with van der Waals surface area (Å²) in [5, 5.41) is 0. The zero-order valence-corrected chi connectivity index (χ0v) is 27.2. The summed E-state index contributed by atoms with van der Waals surface area (Å²) in [6, 6.07) is 36.9. The number of allylic oxidation sites excluding steroid dienone is 4. The van der Waals surface area contributed by atoms with E-state index in [-0.39, 0.29) is 24.8 Å². The number of aryl methyl sites for hydroxylation is 2. The first-order valence-corrected chi connectivity index (χ1v) is 17.3. The molecule has 2 aliphatic rings. The molecular formula is C36H34Cl2Zr. The second-order valence-corrected chi connectivity index (χ2v) is 16.8. The van der Waals surface area contributed by atoms with E-state index in [0.717, 1.165) is 0 Å². The van der Waals surface area contributed by atoms with Gasteiger partial charge in [0.25, 0.3) is 0 Å². The smallest absolute Gasteiger partial charge is 1.00 e. The summed E-state index contributed by atoms with van der Waals surface area (Å²) >= 11 is -2.69. The molecule has 1 unspecified atom stereocenters. The van der Waals surface area contributed by atoms with Crippen LogP contribution in [0.5, 0.6) is 0 Å². The molecule has 2 aliphatic carbocycles. The molecule has 0 N–H and O–H groups in total. The third-order valence-electron chi connectivity index (χ3n) is 8.25.